The summed E-state index contributed by atoms with van der Waals surface area (Å²) in [5.41, 5.74) is 2.25. The Morgan fingerprint density at radius 2 is 1.52 bits per heavy atom. The van der Waals surface area contributed by atoms with Crippen molar-refractivity contribution in [2.75, 3.05) is 14.2 Å². The summed E-state index contributed by atoms with van der Waals surface area (Å²) in [6.07, 6.45) is 8.30. The molecule has 1 heterocycles. The van der Waals surface area contributed by atoms with Crippen molar-refractivity contribution in [3.63, 3.8) is 0 Å². The molecule has 0 spiro atoms. The van der Waals surface area contributed by atoms with E-state index >= 15 is 0 Å². The Kier molecular flexibility index (Phi) is 7.22. The van der Waals surface area contributed by atoms with Crippen LogP contribution in [0, 0.1) is 0 Å². The van der Waals surface area contributed by atoms with Crippen LogP contribution in [0.25, 0.3) is 12.2 Å². The van der Waals surface area contributed by atoms with Crippen molar-refractivity contribution in [1.82, 2.24) is 0 Å². The summed E-state index contributed by atoms with van der Waals surface area (Å²) >= 11 is 0. The molecule has 0 saturated carbocycles. The molecule has 0 amide bonds. The Balaban J connectivity index is 0.00000220. The number of rotatable bonds is 5. The van der Waals surface area contributed by atoms with Crippen LogP contribution in [-0.2, 0) is 6.54 Å². The van der Waals surface area contributed by atoms with E-state index in [0.717, 1.165) is 23.6 Å². The molecule has 2 rings (SSSR count). The van der Waals surface area contributed by atoms with Gasteiger partial charge in [-0.3, -0.25) is 0 Å². The molecule has 0 aliphatic rings. The third-order valence-electron chi connectivity index (χ3n) is 3.16. The number of ether oxygens (including phenoxy) is 2. The number of nitrogens with zero attached hydrogens (tertiary/aromatic N) is 1. The van der Waals surface area contributed by atoms with Gasteiger partial charge >= 0.3 is 0 Å². The van der Waals surface area contributed by atoms with Gasteiger partial charge in [0.25, 0.3) is 0 Å². The van der Waals surface area contributed by atoms with E-state index in [1.807, 2.05) is 18.2 Å². The molecule has 0 atom stereocenters. The zero-order valence-corrected chi connectivity index (χ0v) is 14.9. The number of aromatic nitrogens is 1. The summed E-state index contributed by atoms with van der Waals surface area (Å²) in [6, 6.07) is 10.1. The first-order chi connectivity index (χ1) is 9.76. The lowest BCUT2D eigenvalue weighted by Gasteiger charge is -2.07. The molecule has 0 N–H and O–H groups in total. The van der Waals surface area contributed by atoms with E-state index in [0.29, 0.717) is 0 Å². The van der Waals surface area contributed by atoms with Crippen LogP contribution < -0.4 is 14.0 Å². The van der Waals surface area contributed by atoms with Gasteiger partial charge in [0, 0.05) is 12.1 Å². The summed E-state index contributed by atoms with van der Waals surface area (Å²) < 4.78 is 12.7. The van der Waals surface area contributed by atoms with E-state index in [2.05, 4.69) is 48.2 Å². The first-order valence-corrected chi connectivity index (χ1v) is 6.66. The Bertz CT molecular complexity index is 594. The normalized spacial score (nSPS) is 10.2. The molecule has 2 aromatic rings. The predicted molar refractivity (Wildman–Crippen MR) is 96.2 cm³/mol. The van der Waals surface area contributed by atoms with Crippen LogP contribution in [-0.4, -0.2) is 14.2 Å². The Labute approximate surface area is 143 Å². The van der Waals surface area contributed by atoms with Crippen molar-refractivity contribution in [2.45, 2.75) is 13.5 Å². The molecule has 0 aliphatic heterocycles. The third-order valence-corrected chi connectivity index (χ3v) is 3.16. The summed E-state index contributed by atoms with van der Waals surface area (Å²) in [5, 5.41) is 0. The number of methoxy groups -OCH3 is 2. The molecule has 0 saturated heterocycles. The molecule has 4 heteroatoms. The van der Waals surface area contributed by atoms with Crippen LogP contribution in [0.3, 0.4) is 0 Å². The highest BCUT2D eigenvalue weighted by Gasteiger charge is 2.02. The lowest BCUT2D eigenvalue weighted by molar-refractivity contribution is -0.693. The quantitative estimate of drug-likeness (QED) is 0.565. The summed E-state index contributed by atoms with van der Waals surface area (Å²) in [5.74, 6) is 1.49. The lowest BCUT2D eigenvalue weighted by atomic mass is 10.1. The SMILES string of the molecule is CC[n+]1ccc(C=Cc2ccc(OC)c(OC)c2)cc1.I. The highest BCUT2D eigenvalue weighted by atomic mass is 127. The highest BCUT2D eigenvalue weighted by molar-refractivity contribution is 14.0. The molecule has 112 valence electrons. The maximum atomic E-state index is 5.30. The number of hydrogen-bond donors (Lipinski definition) is 0. The number of hydrogen-bond acceptors (Lipinski definition) is 2. The summed E-state index contributed by atoms with van der Waals surface area (Å²) in [6.45, 7) is 3.11. The van der Waals surface area contributed by atoms with Gasteiger partial charge in [-0.05, 0) is 30.2 Å². The van der Waals surface area contributed by atoms with Crippen molar-refractivity contribution in [3.8, 4) is 11.5 Å². The van der Waals surface area contributed by atoms with E-state index in [4.69, 9.17) is 9.47 Å². The molecule has 1 aromatic carbocycles. The first-order valence-electron chi connectivity index (χ1n) is 6.66. The van der Waals surface area contributed by atoms with Gasteiger partial charge in [0.15, 0.2) is 23.9 Å². The van der Waals surface area contributed by atoms with Gasteiger partial charge in [-0.25, -0.2) is 4.57 Å². The predicted octanol–water partition coefficient (Wildman–Crippen LogP) is 3.80. The van der Waals surface area contributed by atoms with Crippen LogP contribution in [0.1, 0.15) is 18.1 Å². The fraction of sp³-hybridized carbons (Fsp3) is 0.235. The molecule has 1 aromatic heterocycles. The molecule has 3 nitrogen and oxygen atoms in total. The fourth-order valence-electron chi connectivity index (χ4n) is 1.94. The average molecular weight is 398 g/mol. The van der Waals surface area contributed by atoms with Gasteiger partial charge in [0.1, 0.15) is 6.54 Å². The zero-order chi connectivity index (χ0) is 14.4. The fourth-order valence-corrected chi connectivity index (χ4v) is 1.94. The van der Waals surface area contributed by atoms with Crippen LogP contribution >= 0.6 is 24.0 Å². The molecule has 0 radical (unpaired) electrons. The van der Waals surface area contributed by atoms with E-state index in [1.54, 1.807) is 14.2 Å². The van der Waals surface area contributed by atoms with Crippen LogP contribution in [0.4, 0.5) is 0 Å². The minimum Gasteiger partial charge on any atom is -0.493 e. The van der Waals surface area contributed by atoms with Crippen molar-refractivity contribution >= 4 is 36.1 Å². The number of aryl methyl sites for hydroxylation is 1. The second-order valence-electron chi connectivity index (χ2n) is 4.41. The molecule has 0 unspecified atom stereocenters. The lowest BCUT2D eigenvalue weighted by Crippen LogP contribution is -2.30. The maximum Gasteiger partial charge on any atom is 0.169 e. The van der Waals surface area contributed by atoms with Crippen molar-refractivity contribution < 1.29 is 14.0 Å². The second-order valence-corrected chi connectivity index (χ2v) is 4.41. The molecular formula is C17H21INO2+. The van der Waals surface area contributed by atoms with E-state index in [-0.39, 0.29) is 24.0 Å². The summed E-state index contributed by atoms with van der Waals surface area (Å²) in [4.78, 5) is 0. The topological polar surface area (TPSA) is 22.3 Å². The van der Waals surface area contributed by atoms with Gasteiger partial charge < -0.3 is 9.47 Å². The van der Waals surface area contributed by atoms with Gasteiger partial charge in [0.05, 0.1) is 14.2 Å². The number of benzene rings is 1. The van der Waals surface area contributed by atoms with Gasteiger partial charge in [-0.1, -0.05) is 18.2 Å². The minimum atomic E-state index is 0. The minimum absolute atomic E-state index is 0. The standard InChI is InChI=1S/C17H20NO2.HI/c1-4-18-11-9-14(10-12-18)5-6-15-7-8-16(19-2)17(13-15)20-3;/h5-13H,4H2,1-3H3;1H/q+1;. The van der Waals surface area contributed by atoms with Crippen LogP contribution in [0.5, 0.6) is 11.5 Å². The Morgan fingerprint density at radius 3 is 2.10 bits per heavy atom. The van der Waals surface area contributed by atoms with Gasteiger partial charge in [-0.2, -0.15) is 0 Å². The largest absolute Gasteiger partial charge is 0.493 e. The highest BCUT2D eigenvalue weighted by Crippen LogP contribution is 2.28. The molecule has 0 bridgehead atoms. The number of halogens is 1. The van der Waals surface area contributed by atoms with E-state index in [9.17, 15) is 0 Å². The Hall–Kier alpha value is -1.56. The molecule has 0 fully saturated rings. The number of pyridine rings is 1. The average Bonchev–Trinajstić information content (AvgIpc) is 2.53. The van der Waals surface area contributed by atoms with Crippen molar-refractivity contribution in [1.29, 1.82) is 0 Å². The van der Waals surface area contributed by atoms with Crippen LogP contribution in [0.15, 0.2) is 42.7 Å². The first kappa shape index (κ1) is 17.5. The van der Waals surface area contributed by atoms with Gasteiger partial charge in [0.2, 0.25) is 0 Å². The molecule has 0 aliphatic carbocycles. The molecule has 21 heavy (non-hydrogen) atoms. The van der Waals surface area contributed by atoms with Crippen molar-refractivity contribution in [3.05, 3.63) is 53.9 Å². The van der Waals surface area contributed by atoms with Crippen LogP contribution in [0.2, 0.25) is 0 Å². The van der Waals surface area contributed by atoms with Gasteiger partial charge in [-0.15, -0.1) is 24.0 Å². The van der Waals surface area contributed by atoms with Crippen molar-refractivity contribution in [2.24, 2.45) is 0 Å². The monoisotopic (exact) mass is 398 g/mol. The maximum absolute atomic E-state index is 5.30. The third kappa shape index (κ3) is 4.74. The zero-order valence-electron chi connectivity index (χ0n) is 12.6. The second kappa shape index (κ2) is 8.67. The van der Waals surface area contributed by atoms with E-state index in [1.165, 1.54) is 5.56 Å². The summed E-state index contributed by atoms with van der Waals surface area (Å²) in [7, 11) is 3.28. The molecular weight excluding hydrogens is 377 g/mol. The Morgan fingerprint density at radius 1 is 0.905 bits per heavy atom. The van der Waals surface area contributed by atoms with E-state index < -0.39 is 0 Å². The smallest absolute Gasteiger partial charge is 0.169 e.